The maximum Gasteiger partial charge on any atom is 0.166 e. The molecule has 0 unspecified atom stereocenters. The molecule has 0 saturated heterocycles. The molecule has 66 valence electrons. The Labute approximate surface area is 67.7 Å². The van der Waals surface area contributed by atoms with E-state index in [4.69, 9.17) is 9.47 Å². The van der Waals surface area contributed by atoms with Crippen LogP contribution in [0, 0.1) is 0 Å². The van der Waals surface area contributed by atoms with Gasteiger partial charge in [-0.3, -0.25) is 4.79 Å². The summed E-state index contributed by atoms with van der Waals surface area (Å²) in [4.78, 5) is 11.2. The predicted molar refractivity (Wildman–Crippen MR) is 42.6 cm³/mol. The average Bonchev–Trinajstić information content (AvgIpc) is 2.00. The van der Waals surface area contributed by atoms with E-state index in [2.05, 4.69) is 0 Å². The zero-order valence-corrected chi connectivity index (χ0v) is 7.64. The van der Waals surface area contributed by atoms with Crippen molar-refractivity contribution in [1.82, 2.24) is 0 Å². The van der Waals surface area contributed by atoms with E-state index in [-0.39, 0.29) is 5.78 Å². The summed E-state index contributed by atoms with van der Waals surface area (Å²) in [7, 11) is 3.11. The Balaban J connectivity index is 3.82. The predicted octanol–water partition coefficient (Wildman–Crippen LogP) is 1.02. The molecule has 0 aromatic rings. The molecule has 0 aliphatic rings. The van der Waals surface area contributed by atoms with Gasteiger partial charge in [0.15, 0.2) is 5.78 Å². The second-order valence-electron chi connectivity index (χ2n) is 2.88. The van der Waals surface area contributed by atoms with E-state index < -0.39 is 5.60 Å². The van der Waals surface area contributed by atoms with Gasteiger partial charge in [0.25, 0.3) is 0 Å². The summed E-state index contributed by atoms with van der Waals surface area (Å²) >= 11 is 0. The molecule has 0 atom stereocenters. The lowest BCUT2D eigenvalue weighted by Gasteiger charge is -2.20. The molecule has 0 bridgehead atoms. The van der Waals surface area contributed by atoms with Crippen molar-refractivity contribution in [2.45, 2.75) is 25.9 Å². The molecular formula is C8H16O3. The molecule has 0 radical (unpaired) electrons. The van der Waals surface area contributed by atoms with Gasteiger partial charge in [0.05, 0.1) is 6.61 Å². The number of carbonyl (C=O) groups excluding carboxylic acids is 1. The second kappa shape index (κ2) is 4.46. The molecule has 0 spiro atoms. The van der Waals surface area contributed by atoms with E-state index in [1.54, 1.807) is 21.0 Å². The highest BCUT2D eigenvalue weighted by atomic mass is 16.5. The smallest absolute Gasteiger partial charge is 0.166 e. The topological polar surface area (TPSA) is 35.5 Å². The summed E-state index contributed by atoms with van der Waals surface area (Å²) in [5.74, 6) is 0.0712. The quantitative estimate of drug-likeness (QED) is 0.602. The first-order chi connectivity index (χ1) is 5.04. The van der Waals surface area contributed by atoms with Gasteiger partial charge in [-0.2, -0.15) is 0 Å². The van der Waals surface area contributed by atoms with Gasteiger partial charge < -0.3 is 9.47 Å². The van der Waals surface area contributed by atoms with Crippen LogP contribution in [0.5, 0.6) is 0 Å². The van der Waals surface area contributed by atoms with E-state index >= 15 is 0 Å². The Morgan fingerprint density at radius 1 is 1.36 bits per heavy atom. The van der Waals surface area contributed by atoms with Crippen LogP contribution < -0.4 is 0 Å². The van der Waals surface area contributed by atoms with Crippen LogP contribution in [0.25, 0.3) is 0 Å². The third kappa shape index (κ3) is 3.49. The van der Waals surface area contributed by atoms with Crippen LogP contribution in [-0.2, 0) is 14.3 Å². The van der Waals surface area contributed by atoms with Crippen molar-refractivity contribution >= 4 is 5.78 Å². The van der Waals surface area contributed by atoms with Crippen LogP contribution in [0.3, 0.4) is 0 Å². The number of carbonyl (C=O) groups is 1. The van der Waals surface area contributed by atoms with Gasteiger partial charge in [-0.15, -0.1) is 0 Å². The number of methoxy groups -OCH3 is 2. The highest BCUT2D eigenvalue weighted by Gasteiger charge is 2.25. The van der Waals surface area contributed by atoms with Gasteiger partial charge in [0, 0.05) is 20.6 Å². The Kier molecular flexibility index (Phi) is 4.30. The highest BCUT2D eigenvalue weighted by molar-refractivity contribution is 5.86. The maximum atomic E-state index is 11.2. The number of Topliss-reactive ketones (excluding diaryl/α,β-unsaturated/α-hetero) is 1. The summed E-state index contributed by atoms with van der Waals surface area (Å²) < 4.78 is 9.77. The largest absolute Gasteiger partial charge is 0.384 e. The van der Waals surface area contributed by atoms with Crippen molar-refractivity contribution in [3.8, 4) is 0 Å². The summed E-state index contributed by atoms with van der Waals surface area (Å²) in [5.41, 5.74) is -0.668. The zero-order valence-electron chi connectivity index (χ0n) is 7.64. The minimum absolute atomic E-state index is 0.0712. The SMILES string of the molecule is COCCC(=O)C(C)(C)OC. The van der Waals surface area contributed by atoms with Gasteiger partial charge in [-0.1, -0.05) is 0 Å². The molecule has 0 rings (SSSR count). The lowest BCUT2D eigenvalue weighted by atomic mass is 10.0. The van der Waals surface area contributed by atoms with Gasteiger partial charge in [-0.05, 0) is 13.8 Å². The average molecular weight is 160 g/mol. The van der Waals surface area contributed by atoms with Crippen molar-refractivity contribution < 1.29 is 14.3 Å². The van der Waals surface area contributed by atoms with Crippen molar-refractivity contribution in [1.29, 1.82) is 0 Å². The molecule has 0 aromatic carbocycles. The van der Waals surface area contributed by atoms with E-state index in [0.29, 0.717) is 13.0 Å². The van der Waals surface area contributed by atoms with E-state index in [1.807, 2.05) is 0 Å². The number of ether oxygens (including phenoxy) is 2. The van der Waals surface area contributed by atoms with Gasteiger partial charge >= 0.3 is 0 Å². The standard InChI is InChI=1S/C8H16O3/c1-8(2,11-4)7(9)5-6-10-3/h5-6H2,1-4H3. The first kappa shape index (κ1) is 10.6. The fourth-order valence-electron chi connectivity index (χ4n) is 0.610. The van der Waals surface area contributed by atoms with E-state index in [1.165, 1.54) is 7.11 Å². The van der Waals surface area contributed by atoms with E-state index in [0.717, 1.165) is 0 Å². The fraction of sp³-hybridized carbons (Fsp3) is 0.875. The van der Waals surface area contributed by atoms with Gasteiger partial charge in [0.2, 0.25) is 0 Å². The van der Waals surface area contributed by atoms with Crippen LogP contribution in [0.4, 0.5) is 0 Å². The second-order valence-corrected chi connectivity index (χ2v) is 2.88. The molecule has 0 heterocycles. The molecule has 3 heteroatoms. The third-order valence-corrected chi connectivity index (χ3v) is 1.72. The minimum Gasteiger partial charge on any atom is -0.384 e. The highest BCUT2D eigenvalue weighted by Crippen LogP contribution is 2.10. The van der Waals surface area contributed by atoms with Crippen LogP contribution in [-0.4, -0.2) is 32.2 Å². The Hall–Kier alpha value is -0.410. The van der Waals surface area contributed by atoms with Crippen LogP contribution in [0.1, 0.15) is 20.3 Å². The van der Waals surface area contributed by atoms with Crippen molar-refractivity contribution in [3.63, 3.8) is 0 Å². The first-order valence-corrected chi connectivity index (χ1v) is 3.62. The molecule has 11 heavy (non-hydrogen) atoms. The number of hydrogen-bond acceptors (Lipinski definition) is 3. The summed E-state index contributed by atoms with van der Waals surface area (Å²) in [6.45, 7) is 3.97. The van der Waals surface area contributed by atoms with Crippen LogP contribution in [0.15, 0.2) is 0 Å². The van der Waals surface area contributed by atoms with Crippen molar-refractivity contribution in [2.75, 3.05) is 20.8 Å². The number of rotatable bonds is 5. The monoisotopic (exact) mass is 160 g/mol. The lowest BCUT2D eigenvalue weighted by Crippen LogP contribution is -2.34. The molecular weight excluding hydrogens is 144 g/mol. The number of ketones is 1. The van der Waals surface area contributed by atoms with E-state index in [9.17, 15) is 4.79 Å². The zero-order chi connectivity index (χ0) is 8.91. The summed E-state index contributed by atoms with van der Waals surface area (Å²) in [5, 5.41) is 0. The lowest BCUT2D eigenvalue weighted by molar-refractivity contribution is -0.138. The maximum absolute atomic E-state index is 11.2. The fourth-order valence-corrected chi connectivity index (χ4v) is 0.610. The van der Waals surface area contributed by atoms with Crippen LogP contribution >= 0.6 is 0 Å². The molecule has 0 fully saturated rings. The third-order valence-electron chi connectivity index (χ3n) is 1.72. The van der Waals surface area contributed by atoms with Crippen LogP contribution in [0.2, 0.25) is 0 Å². The molecule has 0 aliphatic carbocycles. The molecule has 0 N–H and O–H groups in total. The molecule has 0 saturated carbocycles. The molecule has 0 aliphatic heterocycles. The first-order valence-electron chi connectivity index (χ1n) is 3.62. The summed E-state index contributed by atoms with van der Waals surface area (Å²) in [6.07, 6.45) is 0.414. The molecule has 0 aromatic heterocycles. The van der Waals surface area contributed by atoms with Crippen molar-refractivity contribution in [2.24, 2.45) is 0 Å². The summed E-state index contributed by atoms with van der Waals surface area (Å²) in [6, 6.07) is 0. The minimum atomic E-state index is -0.668. The molecule has 3 nitrogen and oxygen atoms in total. The number of hydrogen-bond donors (Lipinski definition) is 0. The Bertz CT molecular complexity index is 129. The van der Waals surface area contributed by atoms with Gasteiger partial charge in [0.1, 0.15) is 5.60 Å². The normalized spacial score (nSPS) is 11.6. The van der Waals surface area contributed by atoms with Crippen molar-refractivity contribution in [3.05, 3.63) is 0 Å². The Morgan fingerprint density at radius 3 is 2.27 bits per heavy atom. The van der Waals surface area contributed by atoms with Gasteiger partial charge in [-0.25, -0.2) is 0 Å². The molecule has 0 amide bonds. The Morgan fingerprint density at radius 2 is 1.91 bits per heavy atom.